The molecule has 1 aromatic carbocycles. The number of aromatic nitrogens is 1. The Labute approximate surface area is 115 Å². The van der Waals surface area contributed by atoms with Gasteiger partial charge in [-0.15, -0.1) is 0 Å². The van der Waals surface area contributed by atoms with E-state index in [1.165, 1.54) is 22.2 Å². The molecular weight excluding hydrogens is 234 g/mol. The Kier molecular flexibility index (Phi) is 3.33. The topological polar surface area (TPSA) is 20.2 Å². The van der Waals surface area contributed by atoms with Crippen molar-refractivity contribution in [2.45, 2.75) is 26.4 Å². The molecule has 3 heteroatoms. The SMILES string of the molecule is CCN(Cc1c(C)c2ccccc2n1C)C1CNC1. The predicted octanol–water partition coefficient (Wildman–Crippen LogP) is 2.28. The van der Waals surface area contributed by atoms with E-state index in [2.05, 4.69) is 59.9 Å². The molecule has 0 unspecified atom stereocenters. The number of nitrogens with zero attached hydrogens (tertiary/aromatic N) is 2. The smallest absolute Gasteiger partial charge is 0.0483 e. The molecule has 0 saturated carbocycles. The third kappa shape index (κ3) is 2.07. The molecule has 1 aromatic heterocycles. The Morgan fingerprint density at radius 2 is 2.05 bits per heavy atom. The summed E-state index contributed by atoms with van der Waals surface area (Å²) >= 11 is 0. The van der Waals surface area contributed by atoms with E-state index in [9.17, 15) is 0 Å². The van der Waals surface area contributed by atoms with Gasteiger partial charge in [-0.1, -0.05) is 25.1 Å². The summed E-state index contributed by atoms with van der Waals surface area (Å²) in [6.07, 6.45) is 0. The molecule has 0 aliphatic carbocycles. The van der Waals surface area contributed by atoms with Crippen LogP contribution in [-0.2, 0) is 13.6 Å². The minimum absolute atomic E-state index is 0.711. The van der Waals surface area contributed by atoms with Crippen LogP contribution in [-0.4, -0.2) is 35.1 Å². The first-order chi connectivity index (χ1) is 9.22. The first-order valence-electron chi connectivity index (χ1n) is 7.20. The number of fused-ring (bicyclic) bond motifs is 1. The van der Waals surface area contributed by atoms with Crippen LogP contribution in [0.3, 0.4) is 0 Å². The zero-order chi connectivity index (χ0) is 13.4. The first kappa shape index (κ1) is 12.7. The van der Waals surface area contributed by atoms with E-state index in [0.29, 0.717) is 6.04 Å². The Hall–Kier alpha value is -1.32. The lowest BCUT2D eigenvalue weighted by Gasteiger charge is -2.37. The summed E-state index contributed by atoms with van der Waals surface area (Å²) in [5.41, 5.74) is 4.23. The Morgan fingerprint density at radius 1 is 1.32 bits per heavy atom. The van der Waals surface area contributed by atoms with E-state index < -0.39 is 0 Å². The maximum Gasteiger partial charge on any atom is 0.0483 e. The second kappa shape index (κ2) is 4.99. The summed E-state index contributed by atoms with van der Waals surface area (Å²) in [5, 5.41) is 4.76. The largest absolute Gasteiger partial charge is 0.346 e. The van der Waals surface area contributed by atoms with Crippen molar-refractivity contribution < 1.29 is 0 Å². The molecule has 1 N–H and O–H groups in total. The highest BCUT2D eigenvalue weighted by Gasteiger charge is 2.25. The number of likely N-dealkylation sites (N-methyl/N-ethyl adjacent to an activating group) is 1. The van der Waals surface area contributed by atoms with Gasteiger partial charge in [-0.2, -0.15) is 0 Å². The van der Waals surface area contributed by atoms with Crippen molar-refractivity contribution in [2.24, 2.45) is 7.05 Å². The molecule has 2 aromatic rings. The molecule has 102 valence electrons. The first-order valence-corrected chi connectivity index (χ1v) is 7.20. The maximum absolute atomic E-state index is 3.37. The highest BCUT2D eigenvalue weighted by molar-refractivity contribution is 5.85. The third-order valence-electron chi connectivity index (χ3n) is 4.54. The summed E-state index contributed by atoms with van der Waals surface area (Å²) in [6, 6.07) is 9.41. The number of hydrogen-bond donors (Lipinski definition) is 1. The van der Waals surface area contributed by atoms with E-state index >= 15 is 0 Å². The van der Waals surface area contributed by atoms with E-state index in [1.807, 2.05) is 0 Å². The van der Waals surface area contributed by atoms with Crippen LogP contribution in [0.4, 0.5) is 0 Å². The van der Waals surface area contributed by atoms with Gasteiger partial charge in [-0.05, 0) is 25.1 Å². The van der Waals surface area contributed by atoms with Crippen LogP contribution in [0.2, 0.25) is 0 Å². The predicted molar refractivity (Wildman–Crippen MR) is 80.4 cm³/mol. The molecular formula is C16H23N3. The van der Waals surface area contributed by atoms with Gasteiger partial charge in [0.05, 0.1) is 0 Å². The summed E-state index contributed by atoms with van der Waals surface area (Å²) < 4.78 is 2.36. The van der Waals surface area contributed by atoms with Crippen molar-refractivity contribution in [3.05, 3.63) is 35.5 Å². The van der Waals surface area contributed by atoms with Crippen molar-refractivity contribution in [2.75, 3.05) is 19.6 Å². The second-order valence-electron chi connectivity index (χ2n) is 5.52. The average Bonchev–Trinajstić information content (AvgIpc) is 2.61. The molecule has 0 radical (unpaired) electrons. The molecule has 0 atom stereocenters. The minimum Gasteiger partial charge on any atom is -0.346 e. The second-order valence-corrected chi connectivity index (χ2v) is 5.52. The summed E-state index contributed by atoms with van der Waals surface area (Å²) in [6.45, 7) is 8.96. The van der Waals surface area contributed by atoms with Crippen LogP contribution < -0.4 is 5.32 Å². The monoisotopic (exact) mass is 257 g/mol. The van der Waals surface area contributed by atoms with E-state index in [-0.39, 0.29) is 0 Å². The number of benzene rings is 1. The van der Waals surface area contributed by atoms with Gasteiger partial charge < -0.3 is 9.88 Å². The van der Waals surface area contributed by atoms with Gasteiger partial charge in [0.1, 0.15) is 0 Å². The molecule has 1 aliphatic rings. The number of para-hydroxylation sites is 1. The minimum atomic E-state index is 0.711. The molecule has 1 aliphatic heterocycles. The number of rotatable bonds is 4. The van der Waals surface area contributed by atoms with Crippen LogP contribution in [0.5, 0.6) is 0 Å². The molecule has 3 nitrogen and oxygen atoms in total. The van der Waals surface area contributed by atoms with Gasteiger partial charge in [0, 0.05) is 49.3 Å². The lowest BCUT2D eigenvalue weighted by atomic mass is 10.1. The Bertz CT molecular complexity index is 542. The summed E-state index contributed by atoms with van der Waals surface area (Å²) in [7, 11) is 2.19. The molecule has 0 bridgehead atoms. The number of hydrogen-bond acceptors (Lipinski definition) is 2. The van der Waals surface area contributed by atoms with Gasteiger partial charge in [0.2, 0.25) is 0 Å². The van der Waals surface area contributed by atoms with Gasteiger partial charge in [0.15, 0.2) is 0 Å². The van der Waals surface area contributed by atoms with Crippen LogP contribution in [0.25, 0.3) is 10.9 Å². The van der Waals surface area contributed by atoms with Gasteiger partial charge in [-0.3, -0.25) is 4.90 Å². The van der Waals surface area contributed by atoms with Gasteiger partial charge >= 0.3 is 0 Å². The van der Waals surface area contributed by atoms with Crippen molar-refractivity contribution in [1.29, 1.82) is 0 Å². The number of aryl methyl sites for hydroxylation is 2. The van der Waals surface area contributed by atoms with Crippen LogP contribution in [0, 0.1) is 6.92 Å². The Morgan fingerprint density at radius 3 is 2.63 bits per heavy atom. The quantitative estimate of drug-likeness (QED) is 0.907. The van der Waals surface area contributed by atoms with Crippen molar-refractivity contribution in [3.63, 3.8) is 0 Å². The molecule has 1 fully saturated rings. The molecule has 19 heavy (non-hydrogen) atoms. The van der Waals surface area contributed by atoms with Gasteiger partial charge in [0.25, 0.3) is 0 Å². The van der Waals surface area contributed by atoms with E-state index in [4.69, 9.17) is 0 Å². The fraction of sp³-hybridized carbons (Fsp3) is 0.500. The van der Waals surface area contributed by atoms with Gasteiger partial charge in [-0.25, -0.2) is 0 Å². The van der Waals surface area contributed by atoms with Crippen LogP contribution in [0.1, 0.15) is 18.2 Å². The van der Waals surface area contributed by atoms with Crippen molar-refractivity contribution in [3.8, 4) is 0 Å². The van der Waals surface area contributed by atoms with E-state index in [1.54, 1.807) is 0 Å². The Balaban J connectivity index is 1.95. The van der Waals surface area contributed by atoms with Crippen LogP contribution in [0.15, 0.2) is 24.3 Å². The fourth-order valence-electron chi connectivity index (χ4n) is 3.08. The standard InChI is InChI=1S/C16H23N3/c1-4-19(13-9-17-10-13)11-16-12(2)14-7-5-6-8-15(14)18(16)3/h5-8,13,17H,4,9-11H2,1-3H3. The summed E-state index contributed by atoms with van der Waals surface area (Å²) in [4.78, 5) is 2.58. The molecule has 0 spiro atoms. The molecule has 1 saturated heterocycles. The normalized spacial score (nSPS) is 16.2. The highest BCUT2D eigenvalue weighted by Crippen LogP contribution is 2.26. The van der Waals surface area contributed by atoms with Crippen molar-refractivity contribution >= 4 is 10.9 Å². The lowest BCUT2D eigenvalue weighted by molar-refractivity contribution is 0.142. The van der Waals surface area contributed by atoms with Crippen molar-refractivity contribution in [1.82, 2.24) is 14.8 Å². The average molecular weight is 257 g/mol. The molecule has 2 heterocycles. The highest BCUT2D eigenvalue weighted by atomic mass is 15.2. The maximum atomic E-state index is 3.37. The zero-order valence-electron chi connectivity index (χ0n) is 12.1. The van der Waals surface area contributed by atoms with E-state index in [0.717, 1.165) is 26.2 Å². The number of nitrogens with one attached hydrogen (secondary N) is 1. The lowest BCUT2D eigenvalue weighted by Crippen LogP contribution is -2.56. The zero-order valence-corrected chi connectivity index (χ0v) is 12.1. The van der Waals surface area contributed by atoms with Crippen LogP contribution >= 0.6 is 0 Å². The summed E-state index contributed by atoms with van der Waals surface area (Å²) in [5.74, 6) is 0. The molecule has 0 amide bonds. The third-order valence-corrected chi connectivity index (χ3v) is 4.54. The fourth-order valence-corrected chi connectivity index (χ4v) is 3.08. The molecule has 3 rings (SSSR count).